The minimum absolute atomic E-state index is 0.0620. The molecule has 1 N–H and O–H groups in total. The van der Waals surface area contributed by atoms with Gasteiger partial charge in [0.25, 0.3) is 0 Å². The monoisotopic (exact) mass is 339 g/mol. The molecule has 0 aliphatic rings. The van der Waals surface area contributed by atoms with Crippen LogP contribution in [0.2, 0.25) is 0 Å². The van der Waals surface area contributed by atoms with Crippen LogP contribution in [0.15, 0.2) is 46.9 Å². The Morgan fingerprint density at radius 1 is 0.900 bits per heavy atom. The molecule has 0 amide bonds. The normalized spacial score (nSPS) is 14.1. The van der Waals surface area contributed by atoms with E-state index >= 15 is 0 Å². The van der Waals surface area contributed by atoms with Gasteiger partial charge in [0.05, 0.1) is 4.47 Å². The first-order chi connectivity index (χ1) is 9.47. The van der Waals surface area contributed by atoms with E-state index in [0.717, 1.165) is 11.1 Å². The first kappa shape index (κ1) is 15.1. The second kappa shape index (κ2) is 6.46. The molecular formula is C16H16BrF2N. The highest BCUT2D eigenvalue weighted by Gasteiger charge is 2.12. The predicted molar refractivity (Wildman–Crippen MR) is 80.5 cm³/mol. The van der Waals surface area contributed by atoms with E-state index < -0.39 is 0 Å². The molecule has 0 radical (unpaired) electrons. The van der Waals surface area contributed by atoms with Crippen LogP contribution in [0.3, 0.4) is 0 Å². The van der Waals surface area contributed by atoms with Crippen molar-refractivity contribution in [2.75, 3.05) is 0 Å². The van der Waals surface area contributed by atoms with Gasteiger partial charge in [0.15, 0.2) is 0 Å². The van der Waals surface area contributed by atoms with Crippen LogP contribution < -0.4 is 5.32 Å². The van der Waals surface area contributed by atoms with E-state index in [1.807, 2.05) is 13.8 Å². The first-order valence-corrected chi connectivity index (χ1v) is 7.23. The van der Waals surface area contributed by atoms with Gasteiger partial charge in [0.1, 0.15) is 11.6 Å². The number of benzene rings is 2. The van der Waals surface area contributed by atoms with Gasteiger partial charge in [-0.1, -0.05) is 18.2 Å². The van der Waals surface area contributed by atoms with E-state index in [1.54, 1.807) is 24.3 Å². The van der Waals surface area contributed by atoms with Crippen LogP contribution in [0.5, 0.6) is 0 Å². The number of halogens is 3. The topological polar surface area (TPSA) is 12.0 Å². The molecule has 0 bridgehead atoms. The van der Waals surface area contributed by atoms with Gasteiger partial charge in [-0.2, -0.15) is 0 Å². The van der Waals surface area contributed by atoms with Crippen LogP contribution in [0.1, 0.15) is 37.1 Å². The van der Waals surface area contributed by atoms with Gasteiger partial charge in [-0.15, -0.1) is 0 Å². The third-order valence-corrected chi connectivity index (χ3v) is 3.92. The average molecular weight is 340 g/mol. The molecule has 4 heteroatoms. The summed E-state index contributed by atoms with van der Waals surface area (Å²) in [6, 6.07) is 11.5. The van der Waals surface area contributed by atoms with E-state index in [1.165, 1.54) is 18.2 Å². The first-order valence-electron chi connectivity index (χ1n) is 6.44. The summed E-state index contributed by atoms with van der Waals surface area (Å²) in [4.78, 5) is 0. The van der Waals surface area contributed by atoms with Crippen LogP contribution in [0, 0.1) is 11.6 Å². The second-order valence-electron chi connectivity index (χ2n) is 4.84. The van der Waals surface area contributed by atoms with E-state index in [0.29, 0.717) is 4.47 Å². The van der Waals surface area contributed by atoms with Crippen LogP contribution in [0.4, 0.5) is 8.78 Å². The molecule has 1 nitrogen and oxygen atoms in total. The van der Waals surface area contributed by atoms with Gasteiger partial charge < -0.3 is 5.32 Å². The molecule has 2 atom stereocenters. The van der Waals surface area contributed by atoms with Crippen molar-refractivity contribution in [3.63, 3.8) is 0 Å². The summed E-state index contributed by atoms with van der Waals surface area (Å²) in [6.45, 7) is 4.03. The Hall–Kier alpha value is -1.26. The smallest absolute Gasteiger partial charge is 0.137 e. The van der Waals surface area contributed by atoms with Crippen molar-refractivity contribution in [1.82, 2.24) is 5.32 Å². The summed E-state index contributed by atoms with van der Waals surface area (Å²) in [5, 5.41) is 3.41. The number of nitrogens with one attached hydrogen (secondary N) is 1. The second-order valence-corrected chi connectivity index (χ2v) is 5.69. The van der Waals surface area contributed by atoms with Crippen molar-refractivity contribution in [2.45, 2.75) is 25.9 Å². The molecule has 0 aliphatic heterocycles. The van der Waals surface area contributed by atoms with Gasteiger partial charge in [-0.25, -0.2) is 8.78 Å². The highest BCUT2D eigenvalue weighted by molar-refractivity contribution is 9.10. The quantitative estimate of drug-likeness (QED) is 0.813. The summed E-state index contributed by atoms with van der Waals surface area (Å²) in [7, 11) is 0. The molecule has 2 aromatic rings. The lowest BCUT2D eigenvalue weighted by Crippen LogP contribution is -2.22. The molecular weight excluding hydrogens is 324 g/mol. The summed E-state index contributed by atoms with van der Waals surface area (Å²) in [5.74, 6) is -0.510. The average Bonchev–Trinajstić information content (AvgIpc) is 2.42. The molecule has 106 valence electrons. The van der Waals surface area contributed by atoms with Crippen LogP contribution in [-0.2, 0) is 0 Å². The molecule has 0 fully saturated rings. The van der Waals surface area contributed by atoms with Gasteiger partial charge in [-0.3, -0.25) is 0 Å². The van der Waals surface area contributed by atoms with Crippen LogP contribution >= 0.6 is 15.9 Å². The Kier molecular flexibility index (Phi) is 4.89. The largest absolute Gasteiger partial charge is 0.304 e. The minimum atomic E-state index is -0.271. The molecule has 0 heterocycles. The summed E-state index contributed by atoms with van der Waals surface area (Å²) in [6.07, 6.45) is 0. The fourth-order valence-corrected chi connectivity index (χ4v) is 2.50. The Bertz CT molecular complexity index is 584. The van der Waals surface area contributed by atoms with E-state index in [2.05, 4.69) is 21.2 Å². The van der Waals surface area contributed by atoms with Crippen molar-refractivity contribution in [2.24, 2.45) is 0 Å². The highest BCUT2D eigenvalue weighted by Crippen LogP contribution is 2.23. The van der Waals surface area contributed by atoms with E-state index in [-0.39, 0.29) is 23.7 Å². The zero-order chi connectivity index (χ0) is 14.7. The summed E-state index contributed by atoms with van der Waals surface area (Å²) < 4.78 is 26.6. The fourth-order valence-electron chi connectivity index (χ4n) is 2.10. The molecule has 2 aromatic carbocycles. The predicted octanol–water partition coefficient (Wildman–Crippen LogP) is 5.14. The van der Waals surface area contributed by atoms with Crippen molar-refractivity contribution in [1.29, 1.82) is 0 Å². The van der Waals surface area contributed by atoms with Crippen molar-refractivity contribution in [3.8, 4) is 0 Å². The molecule has 1 unspecified atom stereocenters. The van der Waals surface area contributed by atoms with E-state index in [4.69, 9.17) is 0 Å². The maximum Gasteiger partial charge on any atom is 0.137 e. The lowest BCUT2D eigenvalue weighted by Gasteiger charge is -2.21. The lowest BCUT2D eigenvalue weighted by atomic mass is 10.0. The molecule has 20 heavy (non-hydrogen) atoms. The molecule has 0 spiro atoms. The fraction of sp³-hybridized carbons (Fsp3) is 0.250. The minimum Gasteiger partial charge on any atom is -0.304 e. The van der Waals surface area contributed by atoms with Crippen LogP contribution in [-0.4, -0.2) is 0 Å². The van der Waals surface area contributed by atoms with Gasteiger partial charge >= 0.3 is 0 Å². The van der Waals surface area contributed by atoms with Crippen molar-refractivity contribution in [3.05, 3.63) is 69.7 Å². The third-order valence-electron chi connectivity index (χ3n) is 3.31. The zero-order valence-corrected chi connectivity index (χ0v) is 12.9. The molecule has 0 saturated heterocycles. The van der Waals surface area contributed by atoms with E-state index in [9.17, 15) is 8.78 Å². The maximum absolute atomic E-state index is 13.2. The molecule has 0 aromatic heterocycles. The Morgan fingerprint density at radius 3 is 2.05 bits per heavy atom. The van der Waals surface area contributed by atoms with Gasteiger partial charge in [-0.05, 0) is 65.2 Å². The lowest BCUT2D eigenvalue weighted by molar-refractivity contribution is 0.492. The van der Waals surface area contributed by atoms with Crippen molar-refractivity contribution >= 4 is 15.9 Å². The van der Waals surface area contributed by atoms with Crippen molar-refractivity contribution < 1.29 is 8.78 Å². The Labute approximate surface area is 126 Å². The SMILES string of the molecule is CC(N[C@@H](C)c1ccc(F)cc1)c1ccc(F)c(Br)c1. The van der Waals surface area contributed by atoms with Gasteiger partial charge in [0.2, 0.25) is 0 Å². The highest BCUT2D eigenvalue weighted by atomic mass is 79.9. The standard InChI is InChI=1S/C16H16BrF2N/c1-10(12-3-6-14(18)7-4-12)20-11(2)13-5-8-16(19)15(17)9-13/h3-11,20H,1-2H3/t10-,11?/m0/s1. The maximum atomic E-state index is 13.2. The summed E-state index contributed by atoms with van der Waals surface area (Å²) in [5.41, 5.74) is 2.01. The Morgan fingerprint density at radius 2 is 1.45 bits per heavy atom. The third kappa shape index (κ3) is 3.64. The van der Waals surface area contributed by atoms with Gasteiger partial charge in [0, 0.05) is 12.1 Å². The summed E-state index contributed by atoms with van der Waals surface area (Å²) >= 11 is 3.19. The number of hydrogen-bond acceptors (Lipinski definition) is 1. The van der Waals surface area contributed by atoms with Crippen LogP contribution in [0.25, 0.3) is 0 Å². The molecule has 0 aliphatic carbocycles. The number of rotatable bonds is 4. The molecule has 0 saturated carbocycles. The zero-order valence-electron chi connectivity index (χ0n) is 11.3. The Balaban J connectivity index is 2.08. The number of hydrogen-bond donors (Lipinski definition) is 1. The molecule has 2 rings (SSSR count).